The number of H-pyrrole nitrogens is 1. The van der Waals surface area contributed by atoms with E-state index in [1.54, 1.807) is 6.92 Å². The van der Waals surface area contributed by atoms with E-state index in [-0.39, 0.29) is 44.9 Å². The Balaban J connectivity index is 1.81. The maximum absolute atomic E-state index is 15.0. The van der Waals surface area contributed by atoms with Crippen molar-refractivity contribution in [3.8, 4) is 17.6 Å². The molecular formula is C21H17Cl2FN4O2. The second-order valence-electron chi connectivity index (χ2n) is 6.43. The average Bonchev–Trinajstić information content (AvgIpc) is 3.10. The molecule has 1 heterocycles. The molecule has 30 heavy (non-hydrogen) atoms. The summed E-state index contributed by atoms with van der Waals surface area (Å²) in [5.74, 6) is -0.508. The molecule has 0 spiro atoms. The number of nitrogens with one attached hydrogen (secondary N) is 2. The number of aromatic amines is 1. The highest BCUT2D eigenvalue weighted by Gasteiger charge is 2.18. The number of rotatable bonds is 6. The fourth-order valence-electron chi connectivity index (χ4n) is 2.78. The molecule has 0 radical (unpaired) electrons. The number of carbonyl (C=O) groups excluding carboxylic acids is 1. The molecule has 0 fully saturated rings. The van der Waals surface area contributed by atoms with E-state index in [1.807, 2.05) is 13.0 Å². The van der Waals surface area contributed by atoms with Crippen LogP contribution < -0.4 is 10.1 Å². The zero-order valence-corrected chi connectivity index (χ0v) is 17.7. The van der Waals surface area contributed by atoms with Crippen LogP contribution in [-0.2, 0) is 13.0 Å². The lowest BCUT2D eigenvalue weighted by atomic mass is 10.2. The van der Waals surface area contributed by atoms with Gasteiger partial charge >= 0.3 is 0 Å². The molecule has 1 aromatic heterocycles. The van der Waals surface area contributed by atoms with Gasteiger partial charge in [-0.15, -0.1) is 0 Å². The van der Waals surface area contributed by atoms with Crippen molar-refractivity contribution in [3.05, 3.63) is 74.5 Å². The van der Waals surface area contributed by atoms with Gasteiger partial charge < -0.3 is 15.0 Å². The second-order valence-corrected chi connectivity index (χ2v) is 7.28. The Hall–Kier alpha value is -3.08. The molecule has 3 aromatic rings. The first kappa shape index (κ1) is 21.6. The van der Waals surface area contributed by atoms with E-state index < -0.39 is 11.7 Å². The summed E-state index contributed by atoms with van der Waals surface area (Å²) in [6.45, 7) is 3.57. The number of carbonyl (C=O) groups is 1. The van der Waals surface area contributed by atoms with E-state index in [4.69, 9.17) is 33.2 Å². The SMILES string of the molecule is CCc1nc(C(=O)NCc2ccc(Cl)c(Oc3cc(Cl)cc(C#N)c3)c2F)c(C)[nH]1. The minimum atomic E-state index is -0.728. The number of benzene rings is 2. The normalized spacial score (nSPS) is 10.5. The first-order valence-electron chi connectivity index (χ1n) is 9.01. The van der Waals surface area contributed by atoms with Crippen LogP contribution in [0.2, 0.25) is 10.0 Å². The summed E-state index contributed by atoms with van der Waals surface area (Å²) in [4.78, 5) is 19.7. The Kier molecular flexibility index (Phi) is 6.60. The fraction of sp³-hybridized carbons (Fsp3) is 0.190. The molecule has 2 N–H and O–H groups in total. The third-order valence-corrected chi connectivity index (χ3v) is 4.79. The minimum absolute atomic E-state index is 0.0387. The van der Waals surface area contributed by atoms with E-state index in [9.17, 15) is 4.79 Å². The number of imidazole rings is 1. The van der Waals surface area contributed by atoms with Gasteiger partial charge in [0.1, 0.15) is 17.3 Å². The fourth-order valence-corrected chi connectivity index (χ4v) is 3.19. The Morgan fingerprint density at radius 2 is 2.10 bits per heavy atom. The number of aryl methyl sites for hydroxylation is 2. The largest absolute Gasteiger partial charge is 0.453 e. The van der Waals surface area contributed by atoms with Crippen LogP contribution in [0.4, 0.5) is 4.39 Å². The van der Waals surface area contributed by atoms with E-state index in [0.717, 1.165) is 0 Å². The molecule has 3 rings (SSSR count). The van der Waals surface area contributed by atoms with E-state index in [0.29, 0.717) is 17.9 Å². The van der Waals surface area contributed by atoms with Crippen LogP contribution in [0.1, 0.15) is 40.1 Å². The topological polar surface area (TPSA) is 90.8 Å². The zero-order chi connectivity index (χ0) is 21.8. The summed E-state index contributed by atoms with van der Waals surface area (Å²) in [6, 6.07) is 9.19. The summed E-state index contributed by atoms with van der Waals surface area (Å²) in [5, 5.41) is 12.0. The monoisotopic (exact) mass is 446 g/mol. The van der Waals surface area contributed by atoms with Crippen molar-refractivity contribution in [2.75, 3.05) is 0 Å². The van der Waals surface area contributed by atoms with Crippen molar-refractivity contribution < 1.29 is 13.9 Å². The van der Waals surface area contributed by atoms with Crippen molar-refractivity contribution in [2.45, 2.75) is 26.8 Å². The predicted octanol–water partition coefficient (Wildman–Crippen LogP) is 5.32. The lowest BCUT2D eigenvalue weighted by Gasteiger charge is -2.13. The highest BCUT2D eigenvalue weighted by molar-refractivity contribution is 6.32. The molecule has 0 atom stereocenters. The molecule has 6 nitrogen and oxygen atoms in total. The Labute approximate surface area is 182 Å². The van der Waals surface area contributed by atoms with Crippen molar-refractivity contribution in [1.82, 2.24) is 15.3 Å². The van der Waals surface area contributed by atoms with Crippen LogP contribution in [0, 0.1) is 24.1 Å². The van der Waals surface area contributed by atoms with Gasteiger partial charge in [-0.1, -0.05) is 36.2 Å². The highest BCUT2D eigenvalue weighted by atomic mass is 35.5. The molecule has 0 saturated carbocycles. The third kappa shape index (κ3) is 4.73. The minimum Gasteiger partial charge on any atom is -0.453 e. The van der Waals surface area contributed by atoms with E-state index in [1.165, 1.54) is 30.3 Å². The van der Waals surface area contributed by atoms with Gasteiger partial charge in [0.25, 0.3) is 5.91 Å². The van der Waals surface area contributed by atoms with Crippen LogP contribution in [0.15, 0.2) is 30.3 Å². The van der Waals surface area contributed by atoms with Crippen LogP contribution in [0.5, 0.6) is 11.5 Å². The van der Waals surface area contributed by atoms with Crippen molar-refractivity contribution >= 4 is 29.1 Å². The number of ether oxygens (including phenoxy) is 1. The van der Waals surface area contributed by atoms with Gasteiger partial charge in [-0.05, 0) is 31.2 Å². The summed E-state index contributed by atoms with van der Waals surface area (Å²) in [6.07, 6.45) is 0.664. The number of hydrogen-bond donors (Lipinski definition) is 2. The molecule has 0 aliphatic heterocycles. The van der Waals surface area contributed by atoms with Gasteiger partial charge in [0, 0.05) is 29.2 Å². The standard InChI is InChI=1S/C21H17Cl2FN4O2/c1-3-17-27-11(2)19(28-17)21(29)26-10-13-4-5-16(23)20(18(13)24)30-15-7-12(9-25)6-14(22)8-15/h4-8H,3,10H2,1-2H3,(H,26,29)(H,27,28). The first-order chi connectivity index (χ1) is 14.3. The molecule has 0 unspecified atom stereocenters. The smallest absolute Gasteiger partial charge is 0.272 e. The van der Waals surface area contributed by atoms with Gasteiger partial charge in [0.05, 0.1) is 16.7 Å². The molecule has 0 aliphatic carbocycles. The maximum atomic E-state index is 15.0. The summed E-state index contributed by atoms with van der Waals surface area (Å²) < 4.78 is 20.6. The Morgan fingerprint density at radius 1 is 1.33 bits per heavy atom. The number of amides is 1. The first-order valence-corrected chi connectivity index (χ1v) is 9.77. The Bertz CT molecular complexity index is 1150. The van der Waals surface area contributed by atoms with Gasteiger partial charge in [0.15, 0.2) is 11.6 Å². The molecule has 0 saturated heterocycles. The van der Waals surface area contributed by atoms with Crippen LogP contribution >= 0.6 is 23.2 Å². The zero-order valence-electron chi connectivity index (χ0n) is 16.1. The number of aromatic nitrogens is 2. The lowest BCUT2D eigenvalue weighted by molar-refractivity contribution is 0.0945. The van der Waals surface area contributed by atoms with Gasteiger partial charge in [0.2, 0.25) is 0 Å². The molecule has 2 aromatic carbocycles. The molecule has 0 bridgehead atoms. The molecule has 1 amide bonds. The molecular weight excluding hydrogens is 430 g/mol. The second kappa shape index (κ2) is 9.16. The average molecular weight is 447 g/mol. The number of nitriles is 1. The molecule has 154 valence electrons. The van der Waals surface area contributed by atoms with E-state index in [2.05, 4.69) is 15.3 Å². The van der Waals surface area contributed by atoms with Crippen LogP contribution in [0.3, 0.4) is 0 Å². The molecule has 9 heteroatoms. The van der Waals surface area contributed by atoms with Gasteiger partial charge in [-0.3, -0.25) is 4.79 Å². The van der Waals surface area contributed by atoms with Crippen molar-refractivity contribution in [3.63, 3.8) is 0 Å². The number of halogens is 3. The van der Waals surface area contributed by atoms with Crippen LogP contribution in [-0.4, -0.2) is 15.9 Å². The van der Waals surface area contributed by atoms with Crippen molar-refractivity contribution in [1.29, 1.82) is 5.26 Å². The lowest BCUT2D eigenvalue weighted by Crippen LogP contribution is -2.24. The maximum Gasteiger partial charge on any atom is 0.272 e. The van der Waals surface area contributed by atoms with Crippen LogP contribution in [0.25, 0.3) is 0 Å². The number of nitrogens with zero attached hydrogens (tertiary/aromatic N) is 2. The van der Waals surface area contributed by atoms with Gasteiger partial charge in [-0.2, -0.15) is 5.26 Å². The number of hydrogen-bond acceptors (Lipinski definition) is 4. The third-order valence-electron chi connectivity index (χ3n) is 4.27. The summed E-state index contributed by atoms with van der Waals surface area (Å²) >= 11 is 12.1. The summed E-state index contributed by atoms with van der Waals surface area (Å²) in [7, 11) is 0. The Morgan fingerprint density at radius 3 is 2.77 bits per heavy atom. The highest BCUT2D eigenvalue weighted by Crippen LogP contribution is 2.35. The summed E-state index contributed by atoms with van der Waals surface area (Å²) in [5.41, 5.74) is 1.34. The van der Waals surface area contributed by atoms with Crippen molar-refractivity contribution in [2.24, 2.45) is 0 Å². The molecule has 0 aliphatic rings. The van der Waals surface area contributed by atoms with Gasteiger partial charge in [-0.25, -0.2) is 9.37 Å². The van der Waals surface area contributed by atoms with E-state index >= 15 is 4.39 Å². The quantitative estimate of drug-likeness (QED) is 0.535. The predicted molar refractivity (Wildman–Crippen MR) is 112 cm³/mol.